The molecule has 0 radical (unpaired) electrons. The third-order valence-electron chi connectivity index (χ3n) is 22.2. The fourth-order valence-corrected chi connectivity index (χ4v) is 20.1. The molecule has 522 valence electrons. The summed E-state index contributed by atoms with van der Waals surface area (Å²) in [5.41, 5.74) is 10.4. The lowest BCUT2D eigenvalue weighted by Gasteiger charge is -2.61. The molecule has 8 nitrogen and oxygen atoms in total. The van der Waals surface area contributed by atoms with Gasteiger partial charge >= 0.3 is 17.2 Å². The third kappa shape index (κ3) is 14.4. The van der Waals surface area contributed by atoms with Gasteiger partial charge in [-0.2, -0.15) is 0 Å². The first-order valence-electron chi connectivity index (χ1n) is 37.3. The average Bonchev–Trinajstić information content (AvgIpc) is 1.29. The molecule has 96 heavy (non-hydrogen) atoms. The molecule has 2 N–H and O–H groups in total. The van der Waals surface area contributed by atoms with Crippen molar-refractivity contribution in [2.75, 3.05) is 6.61 Å². The van der Waals surface area contributed by atoms with Crippen molar-refractivity contribution in [1.29, 1.82) is 0 Å². The van der Waals surface area contributed by atoms with E-state index < -0.39 is 61.5 Å². The number of aliphatic hydroxyl groups is 2. The van der Waals surface area contributed by atoms with E-state index in [4.69, 9.17) is 27.1 Å². The third-order valence-corrected chi connectivity index (χ3v) is 24.6. The first-order valence-corrected chi connectivity index (χ1v) is 39.5. The highest BCUT2D eigenvalue weighted by Gasteiger charge is 2.87. The minimum atomic E-state index is -2.64. The zero-order valence-corrected chi connectivity index (χ0v) is 64.1. The predicted molar refractivity (Wildman–Crippen MR) is 400 cm³/mol. The van der Waals surface area contributed by atoms with Gasteiger partial charge in [0.2, 0.25) is 5.79 Å². The van der Waals surface area contributed by atoms with Gasteiger partial charge in [0.25, 0.3) is 5.79 Å². The standard InChI is InChI=1S/C86H120O8P2/c1-19-23-25-27-29-31-35-63-39-43-67(44-40-63)89-95(90-68-45-41-64(42-46-68)36-32-30-28-26-24-20-2)93-86(83(49-50-87)91-96(92-83)94-86)84(75-51-59(5)37-47-71(75)79(9,10)11,76-53-61(7)69-55-73(76)81(15,16)57-65(69)33-21-3)85(88,77-52-60(6)38-48-72(77)80(12,13)14)78-54-62(8)70-56-74(78)82(17,18)58-66(70)34-22-4/h37-48,51-56,65-66,87-88H,19-36,49-50,57-58H2,1-18H3. The van der Waals surface area contributed by atoms with Gasteiger partial charge in [0, 0.05) is 13.0 Å². The first-order chi connectivity index (χ1) is 45.6. The van der Waals surface area contributed by atoms with Crippen LogP contribution in [0.15, 0.2) is 109 Å². The second-order valence-corrected chi connectivity index (χ2v) is 34.9. The molecule has 11 rings (SSSR count). The van der Waals surface area contributed by atoms with Crippen LogP contribution in [0.25, 0.3) is 0 Å². The fourth-order valence-electron chi connectivity index (χ4n) is 17.3. The molecule has 3 fully saturated rings. The van der Waals surface area contributed by atoms with Crippen molar-refractivity contribution in [2.24, 2.45) is 0 Å². The molecule has 6 aromatic carbocycles. The van der Waals surface area contributed by atoms with Crippen LogP contribution in [0.3, 0.4) is 0 Å². The number of aliphatic hydroxyl groups excluding tert-OH is 1. The fraction of sp³-hybridized carbons (Fsp3) is 0.581. The lowest BCUT2D eigenvalue weighted by atomic mass is 9.47. The van der Waals surface area contributed by atoms with Crippen molar-refractivity contribution in [3.8, 4) is 11.5 Å². The molecule has 5 unspecified atom stereocenters. The first kappa shape index (κ1) is 74.2. The number of rotatable bonds is 32. The SMILES string of the molecule is CCCCCCCCc1ccc(OP(Oc2ccc(CCCCCCCC)cc2)OC2(C(c3cc(C)ccc3C(C)(C)C)(c3cc(C)c4cc3C(C)(C)CC4CCC)C(O)(c3cc(C)ccc3C(C)(C)C)c3cc(C)c4cc3C(C)(C)CC4CCC)OP3OC2(CCO)O3)cc1. The van der Waals surface area contributed by atoms with Crippen LogP contribution in [-0.2, 0) is 63.6 Å². The zero-order valence-electron chi connectivity index (χ0n) is 62.3. The van der Waals surface area contributed by atoms with Crippen LogP contribution in [0.2, 0.25) is 0 Å². The van der Waals surface area contributed by atoms with E-state index >= 15 is 5.11 Å². The number of hydrogen-bond acceptors (Lipinski definition) is 8. The minimum Gasteiger partial charge on any atom is -0.418 e. The monoisotopic (exact) mass is 1340 g/mol. The van der Waals surface area contributed by atoms with Gasteiger partial charge in [-0.05, 0) is 215 Å². The molecule has 5 aliphatic rings. The van der Waals surface area contributed by atoms with Gasteiger partial charge in [-0.1, -0.05) is 270 Å². The summed E-state index contributed by atoms with van der Waals surface area (Å²) in [5, 5.41) is 29.5. The van der Waals surface area contributed by atoms with E-state index in [-0.39, 0.29) is 13.0 Å². The van der Waals surface area contributed by atoms with Crippen molar-refractivity contribution >= 4 is 17.2 Å². The van der Waals surface area contributed by atoms with Crippen molar-refractivity contribution in [1.82, 2.24) is 0 Å². The number of hydrogen-bond donors (Lipinski definition) is 2. The number of fused-ring (bicyclic) bond motifs is 5. The molecule has 5 atom stereocenters. The number of benzene rings is 6. The summed E-state index contributed by atoms with van der Waals surface area (Å²) in [6, 6.07) is 40.2. The summed E-state index contributed by atoms with van der Waals surface area (Å²) < 4.78 is 46.6. The second-order valence-electron chi connectivity index (χ2n) is 32.9. The maximum Gasteiger partial charge on any atom is 0.466 e. The normalized spacial score (nSPS) is 22.2. The molecule has 2 aliphatic carbocycles. The smallest absolute Gasteiger partial charge is 0.418 e. The highest BCUT2D eigenvalue weighted by atomic mass is 31.2. The average molecular weight is 1340 g/mol. The maximum absolute atomic E-state index is 17.4. The molecular formula is C86H120O8P2. The van der Waals surface area contributed by atoms with Crippen LogP contribution in [0, 0.1) is 27.7 Å². The second kappa shape index (κ2) is 30.0. The van der Waals surface area contributed by atoms with Gasteiger partial charge in [-0.3, -0.25) is 18.1 Å². The van der Waals surface area contributed by atoms with Crippen LogP contribution in [0.5, 0.6) is 11.5 Å². The van der Waals surface area contributed by atoms with Gasteiger partial charge in [0.1, 0.15) is 22.5 Å². The van der Waals surface area contributed by atoms with Gasteiger partial charge in [-0.15, -0.1) is 0 Å². The van der Waals surface area contributed by atoms with Crippen LogP contribution < -0.4 is 9.05 Å². The van der Waals surface area contributed by atoms with Gasteiger partial charge in [-0.25, -0.2) is 0 Å². The Morgan fingerprint density at radius 3 is 1.36 bits per heavy atom. The van der Waals surface area contributed by atoms with Gasteiger partial charge in [0.05, 0.1) is 0 Å². The Morgan fingerprint density at radius 1 is 0.490 bits per heavy atom. The van der Waals surface area contributed by atoms with Crippen molar-refractivity contribution in [2.45, 2.75) is 316 Å². The Morgan fingerprint density at radius 2 is 0.917 bits per heavy atom. The largest absolute Gasteiger partial charge is 0.466 e. The summed E-state index contributed by atoms with van der Waals surface area (Å²) in [7, 11) is -4.84. The van der Waals surface area contributed by atoms with Crippen molar-refractivity contribution < 1.29 is 37.4 Å². The molecule has 6 aromatic rings. The van der Waals surface area contributed by atoms with Crippen molar-refractivity contribution in [3.63, 3.8) is 0 Å². The lowest BCUT2D eigenvalue weighted by Crippen LogP contribution is -2.74. The zero-order chi connectivity index (χ0) is 69.2. The molecule has 3 aliphatic heterocycles. The van der Waals surface area contributed by atoms with Crippen LogP contribution >= 0.6 is 17.2 Å². The topological polar surface area (TPSA) is 95.8 Å². The van der Waals surface area contributed by atoms with Crippen LogP contribution in [-0.4, -0.2) is 28.4 Å². The summed E-state index contributed by atoms with van der Waals surface area (Å²) in [5.74, 6) is -2.38. The number of aryl methyl sites for hydroxylation is 6. The van der Waals surface area contributed by atoms with Crippen molar-refractivity contribution in [3.05, 3.63) is 198 Å². The molecule has 0 aromatic heterocycles. The van der Waals surface area contributed by atoms with Gasteiger partial charge < -0.3 is 19.3 Å². The van der Waals surface area contributed by atoms with Crippen LogP contribution in [0.4, 0.5) is 0 Å². The minimum absolute atomic E-state index is 0.0763. The molecule has 0 saturated carbocycles. The molecular weight excluding hydrogens is 1220 g/mol. The van der Waals surface area contributed by atoms with E-state index in [2.05, 4.69) is 234 Å². The summed E-state index contributed by atoms with van der Waals surface area (Å²) in [4.78, 5) is 0. The van der Waals surface area contributed by atoms with E-state index in [0.29, 0.717) is 23.3 Å². The Balaban J connectivity index is 1.38. The molecule has 10 heteroatoms. The molecule has 3 heterocycles. The Bertz CT molecular complexity index is 3550. The number of unbranched alkanes of at least 4 members (excludes halogenated alkanes) is 10. The maximum atomic E-state index is 17.4. The predicted octanol–water partition coefficient (Wildman–Crippen LogP) is 24.2. The Labute approximate surface area is 583 Å². The van der Waals surface area contributed by atoms with E-state index in [1.54, 1.807) is 0 Å². The molecule has 0 amide bonds. The molecule has 6 bridgehead atoms. The highest BCUT2D eigenvalue weighted by molar-refractivity contribution is 7.44. The summed E-state index contributed by atoms with van der Waals surface area (Å²) >= 11 is 0. The summed E-state index contributed by atoms with van der Waals surface area (Å²) in [6.07, 6.45) is 22.5. The quantitative estimate of drug-likeness (QED) is 0.0319. The Hall–Kier alpha value is -4.46. The van der Waals surface area contributed by atoms with Crippen LogP contribution in [0.1, 0.15) is 320 Å². The van der Waals surface area contributed by atoms with E-state index in [1.807, 2.05) is 0 Å². The van der Waals surface area contributed by atoms with E-state index in [0.717, 1.165) is 131 Å². The lowest BCUT2D eigenvalue weighted by molar-refractivity contribution is -0.317. The Kier molecular flexibility index (Phi) is 23.2. The highest BCUT2D eigenvalue weighted by Crippen LogP contribution is 2.82. The van der Waals surface area contributed by atoms with E-state index in [1.165, 1.54) is 86.5 Å². The van der Waals surface area contributed by atoms with E-state index in [9.17, 15) is 5.11 Å². The van der Waals surface area contributed by atoms with Gasteiger partial charge in [0.15, 0.2) is 0 Å². The summed E-state index contributed by atoms with van der Waals surface area (Å²) in [6.45, 7) is 40.9. The molecule has 0 spiro atoms. The molecule has 3 saturated heterocycles.